The average molecular weight is 365 g/mol. The highest BCUT2D eigenvalue weighted by atomic mass is 79.9. The molecule has 1 aromatic heterocycles. The molecule has 0 unspecified atom stereocenters. The summed E-state index contributed by atoms with van der Waals surface area (Å²) < 4.78 is 40.3. The first-order valence-corrected chi connectivity index (χ1v) is 8.53. The van der Waals surface area contributed by atoms with Gasteiger partial charge in [-0.15, -0.1) is 11.3 Å². The first-order chi connectivity index (χ1) is 8.99. The molecule has 0 saturated heterocycles. The second kappa shape index (κ2) is 6.08. The van der Waals surface area contributed by atoms with Crippen LogP contribution in [0.3, 0.4) is 0 Å². The third-order valence-electron chi connectivity index (χ3n) is 2.34. The third-order valence-corrected chi connectivity index (χ3v) is 4.96. The molecular weight excluding hydrogens is 355 g/mol. The maximum atomic E-state index is 13.6. The summed E-state index contributed by atoms with van der Waals surface area (Å²) in [6, 6.07) is 3.83. The van der Waals surface area contributed by atoms with Crippen LogP contribution in [0.5, 0.6) is 0 Å². The van der Waals surface area contributed by atoms with E-state index in [1.54, 1.807) is 5.51 Å². The van der Waals surface area contributed by atoms with Crippen molar-refractivity contribution >= 4 is 37.3 Å². The Kier molecular flexibility index (Phi) is 4.67. The Hall–Kier alpha value is -0.830. The van der Waals surface area contributed by atoms with Crippen molar-refractivity contribution in [3.63, 3.8) is 0 Å². The number of nitrogens with one attached hydrogen (secondary N) is 1. The van der Waals surface area contributed by atoms with Crippen molar-refractivity contribution in [2.45, 2.75) is 11.3 Å². The van der Waals surface area contributed by atoms with Gasteiger partial charge in [-0.25, -0.2) is 22.5 Å². The summed E-state index contributed by atoms with van der Waals surface area (Å²) in [5.74, 6) is -0.782. The molecule has 19 heavy (non-hydrogen) atoms. The zero-order valence-electron chi connectivity index (χ0n) is 9.64. The van der Waals surface area contributed by atoms with Crippen LogP contribution < -0.4 is 4.72 Å². The van der Waals surface area contributed by atoms with Crippen molar-refractivity contribution in [2.24, 2.45) is 0 Å². The first kappa shape index (κ1) is 14.6. The zero-order valence-corrected chi connectivity index (χ0v) is 12.9. The van der Waals surface area contributed by atoms with E-state index in [2.05, 4.69) is 25.6 Å². The Balaban J connectivity index is 2.05. The molecular formula is C11H10BrFN2O2S2. The second-order valence-electron chi connectivity index (χ2n) is 3.70. The molecule has 1 heterocycles. The quantitative estimate of drug-likeness (QED) is 0.886. The fourth-order valence-electron chi connectivity index (χ4n) is 1.45. The molecule has 2 aromatic rings. The van der Waals surface area contributed by atoms with E-state index in [4.69, 9.17) is 0 Å². The molecule has 0 fully saturated rings. The van der Waals surface area contributed by atoms with Gasteiger partial charge in [-0.2, -0.15) is 0 Å². The van der Waals surface area contributed by atoms with E-state index in [0.717, 1.165) is 11.8 Å². The van der Waals surface area contributed by atoms with Gasteiger partial charge in [0, 0.05) is 22.8 Å². The molecule has 4 nitrogen and oxygen atoms in total. The minimum Gasteiger partial charge on any atom is -0.250 e. The van der Waals surface area contributed by atoms with Crippen LogP contribution in [0.2, 0.25) is 0 Å². The van der Waals surface area contributed by atoms with E-state index >= 15 is 0 Å². The highest BCUT2D eigenvalue weighted by Gasteiger charge is 2.18. The van der Waals surface area contributed by atoms with Crippen LogP contribution in [0, 0.1) is 5.82 Å². The number of nitrogens with zero attached hydrogens (tertiary/aromatic N) is 1. The van der Waals surface area contributed by atoms with E-state index in [1.807, 2.05) is 5.38 Å². The van der Waals surface area contributed by atoms with Gasteiger partial charge in [-0.05, 0) is 18.2 Å². The summed E-state index contributed by atoms with van der Waals surface area (Å²) in [5, 5.41) is 1.84. The summed E-state index contributed by atoms with van der Waals surface area (Å²) in [4.78, 5) is 3.69. The molecule has 0 radical (unpaired) electrons. The second-order valence-corrected chi connectivity index (χ2v) is 7.07. The lowest BCUT2D eigenvalue weighted by Crippen LogP contribution is -2.26. The lowest BCUT2D eigenvalue weighted by molar-refractivity contribution is 0.556. The topological polar surface area (TPSA) is 59.1 Å². The van der Waals surface area contributed by atoms with Crippen molar-refractivity contribution in [1.29, 1.82) is 0 Å². The van der Waals surface area contributed by atoms with Crippen LogP contribution in [0.25, 0.3) is 0 Å². The number of sulfonamides is 1. The van der Waals surface area contributed by atoms with E-state index in [-0.39, 0.29) is 11.4 Å². The van der Waals surface area contributed by atoms with Crippen LogP contribution in [-0.2, 0) is 16.4 Å². The predicted molar refractivity (Wildman–Crippen MR) is 75.1 cm³/mol. The van der Waals surface area contributed by atoms with Gasteiger partial charge in [0.05, 0.1) is 11.2 Å². The number of aromatic nitrogens is 1. The number of thiazole rings is 1. The Bertz CT molecular complexity index is 659. The molecule has 0 spiro atoms. The summed E-state index contributed by atoms with van der Waals surface area (Å²) in [5.41, 5.74) is 2.49. The van der Waals surface area contributed by atoms with Crippen molar-refractivity contribution in [3.8, 4) is 0 Å². The standard InChI is InChI=1S/C11H10BrFN2O2S2/c12-8-1-2-11(10(13)5-8)19(16,17)15-4-3-9-6-18-7-14-9/h1-2,5-7,15H,3-4H2. The van der Waals surface area contributed by atoms with Gasteiger partial charge in [-0.1, -0.05) is 15.9 Å². The lowest BCUT2D eigenvalue weighted by Gasteiger charge is -2.07. The molecule has 8 heteroatoms. The van der Waals surface area contributed by atoms with Crippen LogP contribution in [-0.4, -0.2) is 19.9 Å². The highest BCUT2D eigenvalue weighted by molar-refractivity contribution is 9.10. The van der Waals surface area contributed by atoms with Gasteiger partial charge in [0.2, 0.25) is 10.0 Å². The number of benzene rings is 1. The van der Waals surface area contributed by atoms with Crippen molar-refractivity contribution < 1.29 is 12.8 Å². The fourth-order valence-corrected chi connectivity index (χ4v) is 3.46. The predicted octanol–water partition coefficient (Wildman–Crippen LogP) is 2.57. The Labute approximate surface area is 122 Å². The molecule has 0 aliphatic carbocycles. The fraction of sp³-hybridized carbons (Fsp3) is 0.182. The van der Waals surface area contributed by atoms with Crippen LogP contribution in [0.15, 0.2) is 38.5 Å². The lowest BCUT2D eigenvalue weighted by atomic mass is 10.3. The molecule has 0 aliphatic heterocycles. The monoisotopic (exact) mass is 364 g/mol. The molecule has 2 rings (SSSR count). The Morgan fingerprint density at radius 1 is 1.42 bits per heavy atom. The minimum absolute atomic E-state index is 0.182. The van der Waals surface area contributed by atoms with Crippen LogP contribution in [0.4, 0.5) is 4.39 Å². The number of hydrogen-bond donors (Lipinski definition) is 1. The maximum Gasteiger partial charge on any atom is 0.243 e. The Morgan fingerprint density at radius 3 is 2.84 bits per heavy atom. The molecule has 102 valence electrons. The van der Waals surface area contributed by atoms with E-state index in [0.29, 0.717) is 10.9 Å². The molecule has 0 saturated carbocycles. The minimum atomic E-state index is -3.83. The van der Waals surface area contributed by atoms with E-state index in [1.165, 1.54) is 23.5 Å². The summed E-state index contributed by atoms with van der Waals surface area (Å²) in [7, 11) is -3.83. The van der Waals surface area contributed by atoms with E-state index < -0.39 is 15.8 Å². The maximum absolute atomic E-state index is 13.6. The van der Waals surface area contributed by atoms with Gasteiger partial charge in [-0.3, -0.25) is 0 Å². The third kappa shape index (κ3) is 3.82. The largest absolute Gasteiger partial charge is 0.250 e. The molecule has 0 bridgehead atoms. The van der Waals surface area contributed by atoms with Crippen LogP contribution in [0.1, 0.15) is 5.69 Å². The van der Waals surface area contributed by atoms with Crippen molar-refractivity contribution in [2.75, 3.05) is 6.54 Å². The van der Waals surface area contributed by atoms with E-state index in [9.17, 15) is 12.8 Å². The summed E-state index contributed by atoms with van der Waals surface area (Å²) in [6.45, 7) is 0.182. The molecule has 0 aliphatic rings. The Morgan fingerprint density at radius 2 is 2.21 bits per heavy atom. The normalized spacial score (nSPS) is 11.7. The van der Waals surface area contributed by atoms with Gasteiger partial charge >= 0.3 is 0 Å². The molecule has 1 N–H and O–H groups in total. The van der Waals surface area contributed by atoms with Crippen molar-refractivity contribution in [3.05, 3.63) is 45.1 Å². The smallest absolute Gasteiger partial charge is 0.243 e. The SMILES string of the molecule is O=S(=O)(NCCc1cscn1)c1ccc(Br)cc1F. The molecule has 0 atom stereocenters. The molecule has 0 amide bonds. The van der Waals surface area contributed by atoms with Gasteiger partial charge in [0.1, 0.15) is 10.7 Å². The number of hydrogen-bond acceptors (Lipinski definition) is 4. The summed E-state index contributed by atoms with van der Waals surface area (Å²) in [6.07, 6.45) is 0.473. The number of rotatable bonds is 5. The highest BCUT2D eigenvalue weighted by Crippen LogP contribution is 2.19. The van der Waals surface area contributed by atoms with Gasteiger partial charge in [0.15, 0.2) is 0 Å². The van der Waals surface area contributed by atoms with Gasteiger partial charge in [0.25, 0.3) is 0 Å². The zero-order chi connectivity index (χ0) is 13.9. The van der Waals surface area contributed by atoms with Crippen molar-refractivity contribution in [1.82, 2.24) is 9.71 Å². The number of halogens is 2. The average Bonchev–Trinajstić information content (AvgIpc) is 2.81. The molecule has 1 aromatic carbocycles. The first-order valence-electron chi connectivity index (χ1n) is 5.31. The van der Waals surface area contributed by atoms with Gasteiger partial charge < -0.3 is 0 Å². The van der Waals surface area contributed by atoms with Crippen LogP contribution >= 0.6 is 27.3 Å². The summed E-state index contributed by atoms with van der Waals surface area (Å²) >= 11 is 4.52.